The van der Waals surface area contributed by atoms with Crippen molar-refractivity contribution in [1.82, 2.24) is 19.6 Å². The van der Waals surface area contributed by atoms with E-state index in [0.717, 1.165) is 19.3 Å². The van der Waals surface area contributed by atoms with Crippen molar-refractivity contribution in [2.24, 2.45) is 5.92 Å². The Morgan fingerprint density at radius 2 is 1.78 bits per heavy atom. The molecule has 0 aliphatic carbocycles. The minimum Gasteiger partial charge on any atom is -0.370 e. The van der Waals surface area contributed by atoms with Gasteiger partial charge in [0.1, 0.15) is 28.4 Å². The monoisotopic (exact) mass is 397 g/mol. The molecule has 0 fully saturated rings. The van der Waals surface area contributed by atoms with E-state index in [1.807, 2.05) is 0 Å². The number of halogens is 4. The van der Waals surface area contributed by atoms with Gasteiger partial charge < -0.3 is 5.32 Å². The number of anilines is 1. The average molecular weight is 398 g/mol. The smallest absolute Gasteiger partial charge is 0.256 e. The van der Waals surface area contributed by atoms with Crippen molar-refractivity contribution in [3.05, 3.63) is 40.8 Å². The predicted molar refractivity (Wildman–Crippen MR) is 98.3 cm³/mol. The summed E-state index contributed by atoms with van der Waals surface area (Å²) in [7, 11) is 0. The Labute approximate surface area is 159 Å². The second kappa shape index (κ2) is 8.12. The maximum atomic E-state index is 14.0. The van der Waals surface area contributed by atoms with Gasteiger partial charge in [0.05, 0.1) is 5.56 Å². The highest BCUT2D eigenvalue weighted by Gasteiger charge is 2.20. The summed E-state index contributed by atoms with van der Waals surface area (Å²) >= 11 is 6.01. The Morgan fingerprint density at radius 3 is 2.44 bits per heavy atom. The largest absolute Gasteiger partial charge is 0.370 e. The molecule has 0 saturated heterocycles. The quantitative estimate of drug-likeness (QED) is 0.445. The van der Waals surface area contributed by atoms with Crippen LogP contribution in [0.3, 0.4) is 0 Å². The lowest BCUT2D eigenvalue weighted by atomic mass is 10.1. The number of hydrogen-bond donors (Lipinski definition) is 1. The van der Waals surface area contributed by atoms with Crippen LogP contribution in [-0.4, -0.2) is 26.1 Å². The maximum absolute atomic E-state index is 14.0. The van der Waals surface area contributed by atoms with Crippen LogP contribution in [0.4, 0.5) is 19.0 Å². The molecule has 0 spiro atoms. The predicted octanol–water partition coefficient (Wildman–Crippen LogP) is 5.10. The molecule has 27 heavy (non-hydrogen) atoms. The topological polar surface area (TPSA) is 55.1 Å². The molecule has 1 N–H and O–H groups in total. The Bertz CT molecular complexity index is 935. The number of hydrogen-bond acceptors (Lipinski definition) is 4. The van der Waals surface area contributed by atoms with Crippen LogP contribution in [0.25, 0.3) is 17.2 Å². The van der Waals surface area contributed by atoms with Gasteiger partial charge in [-0.15, -0.1) is 5.10 Å². The Morgan fingerprint density at radius 1 is 1.07 bits per heavy atom. The van der Waals surface area contributed by atoms with Crippen LogP contribution in [0.2, 0.25) is 5.15 Å². The van der Waals surface area contributed by atoms with E-state index in [4.69, 9.17) is 11.6 Å². The second-order valence-corrected chi connectivity index (χ2v) is 7.06. The Kier molecular flexibility index (Phi) is 5.84. The van der Waals surface area contributed by atoms with Crippen molar-refractivity contribution in [3.8, 4) is 11.4 Å². The lowest BCUT2D eigenvalue weighted by Gasteiger charge is -2.08. The number of nitrogens with zero attached hydrogens (tertiary/aromatic N) is 4. The number of aromatic nitrogens is 4. The molecule has 144 valence electrons. The zero-order valence-electron chi connectivity index (χ0n) is 14.9. The fourth-order valence-electron chi connectivity index (χ4n) is 2.72. The molecule has 0 bridgehead atoms. The maximum Gasteiger partial charge on any atom is 0.256 e. The fraction of sp³-hybridized carbons (Fsp3) is 0.389. The first-order valence-corrected chi connectivity index (χ1v) is 9.05. The van der Waals surface area contributed by atoms with Gasteiger partial charge in [0.15, 0.2) is 5.82 Å². The van der Waals surface area contributed by atoms with E-state index in [1.165, 1.54) is 4.52 Å². The van der Waals surface area contributed by atoms with Gasteiger partial charge >= 0.3 is 0 Å². The summed E-state index contributed by atoms with van der Waals surface area (Å²) in [5, 5.41) is 7.49. The summed E-state index contributed by atoms with van der Waals surface area (Å²) in [6.45, 7) is 5.02. The highest BCUT2D eigenvalue weighted by molar-refractivity contribution is 6.29. The molecule has 0 aliphatic rings. The van der Waals surface area contributed by atoms with Crippen molar-refractivity contribution in [2.45, 2.75) is 33.1 Å². The molecular formula is C18H19ClF3N5. The lowest BCUT2D eigenvalue weighted by Crippen LogP contribution is -2.08. The molecule has 3 rings (SSSR count). The molecule has 0 saturated carbocycles. The van der Waals surface area contributed by atoms with Crippen LogP contribution in [0.5, 0.6) is 0 Å². The molecule has 0 radical (unpaired) electrons. The fourth-order valence-corrected chi connectivity index (χ4v) is 2.90. The summed E-state index contributed by atoms with van der Waals surface area (Å²) in [6, 6.07) is 2.73. The Hall–Kier alpha value is -2.35. The van der Waals surface area contributed by atoms with Crippen molar-refractivity contribution < 1.29 is 13.2 Å². The molecule has 0 unspecified atom stereocenters. The molecule has 3 aromatic rings. The summed E-state index contributed by atoms with van der Waals surface area (Å²) in [5.41, 5.74) is -0.513. The minimum absolute atomic E-state index is 0.0882. The van der Waals surface area contributed by atoms with Crippen LogP contribution in [0.1, 0.15) is 33.1 Å². The second-order valence-electron chi connectivity index (χ2n) is 6.67. The number of unbranched alkanes of at least 4 members (excludes halogenated alkanes) is 1. The van der Waals surface area contributed by atoms with E-state index in [-0.39, 0.29) is 16.8 Å². The van der Waals surface area contributed by atoms with E-state index in [2.05, 4.69) is 34.2 Å². The molecule has 2 heterocycles. The van der Waals surface area contributed by atoms with E-state index >= 15 is 0 Å². The molecule has 5 nitrogen and oxygen atoms in total. The number of nitrogens with one attached hydrogen (secondary N) is 1. The highest BCUT2D eigenvalue weighted by Crippen LogP contribution is 2.26. The van der Waals surface area contributed by atoms with Crippen LogP contribution in [-0.2, 0) is 0 Å². The SMILES string of the molecule is CC(C)CCCCNc1cc(Cl)nc2nc(-c3c(F)cc(F)cc3F)nn12. The number of benzene rings is 1. The van der Waals surface area contributed by atoms with Crippen molar-refractivity contribution in [1.29, 1.82) is 0 Å². The van der Waals surface area contributed by atoms with Crippen molar-refractivity contribution >= 4 is 23.2 Å². The third-order valence-corrected chi connectivity index (χ3v) is 4.22. The zero-order valence-corrected chi connectivity index (χ0v) is 15.7. The highest BCUT2D eigenvalue weighted by atomic mass is 35.5. The van der Waals surface area contributed by atoms with Crippen LogP contribution >= 0.6 is 11.6 Å². The molecule has 1 aromatic carbocycles. The summed E-state index contributed by atoms with van der Waals surface area (Å²) in [5.74, 6) is -2.17. The average Bonchev–Trinajstić information content (AvgIpc) is 2.96. The van der Waals surface area contributed by atoms with Gasteiger partial charge in [-0.25, -0.2) is 13.2 Å². The van der Waals surface area contributed by atoms with E-state index in [0.29, 0.717) is 30.4 Å². The number of fused-ring (bicyclic) bond motifs is 1. The first-order valence-electron chi connectivity index (χ1n) is 8.67. The summed E-state index contributed by atoms with van der Waals surface area (Å²) in [4.78, 5) is 8.06. The van der Waals surface area contributed by atoms with Gasteiger partial charge in [-0.3, -0.25) is 0 Å². The van der Waals surface area contributed by atoms with Gasteiger partial charge in [-0.2, -0.15) is 14.5 Å². The standard InChI is InChI=1S/C18H19ClF3N5/c1-10(2)5-3-4-6-23-15-9-14(19)24-18-25-17(26-27(15)18)16-12(21)7-11(20)8-13(16)22/h7-10,23H,3-6H2,1-2H3. The van der Waals surface area contributed by atoms with E-state index in [1.54, 1.807) is 6.07 Å². The van der Waals surface area contributed by atoms with Gasteiger partial charge in [-0.05, 0) is 12.3 Å². The van der Waals surface area contributed by atoms with Crippen LogP contribution in [0.15, 0.2) is 18.2 Å². The molecule has 0 atom stereocenters. The van der Waals surface area contributed by atoms with Gasteiger partial charge in [0.2, 0.25) is 0 Å². The first kappa shape index (κ1) is 19.4. The first-order chi connectivity index (χ1) is 12.8. The summed E-state index contributed by atoms with van der Waals surface area (Å²) in [6.07, 6.45) is 3.15. The van der Waals surface area contributed by atoms with Crippen LogP contribution in [0, 0.1) is 23.4 Å². The van der Waals surface area contributed by atoms with E-state index in [9.17, 15) is 13.2 Å². The molecule has 9 heteroatoms. The zero-order chi connectivity index (χ0) is 19.6. The third-order valence-electron chi connectivity index (χ3n) is 4.03. The number of rotatable bonds is 7. The Balaban J connectivity index is 1.89. The molecule has 2 aromatic heterocycles. The lowest BCUT2D eigenvalue weighted by molar-refractivity contribution is 0.544. The molecule has 0 aliphatic heterocycles. The minimum atomic E-state index is -1.09. The van der Waals surface area contributed by atoms with Crippen molar-refractivity contribution in [3.63, 3.8) is 0 Å². The van der Waals surface area contributed by atoms with Gasteiger partial charge in [0, 0.05) is 24.7 Å². The summed E-state index contributed by atoms with van der Waals surface area (Å²) < 4.78 is 42.5. The normalized spacial score (nSPS) is 11.5. The van der Waals surface area contributed by atoms with E-state index < -0.39 is 23.0 Å². The third kappa shape index (κ3) is 4.50. The van der Waals surface area contributed by atoms with Gasteiger partial charge in [0.25, 0.3) is 5.78 Å². The molecule has 0 amide bonds. The van der Waals surface area contributed by atoms with Crippen molar-refractivity contribution in [2.75, 3.05) is 11.9 Å². The van der Waals surface area contributed by atoms with Crippen LogP contribution < -0.4 is 5.32 Å². The van der Waals surface area contributed by atoms with Gasteiger partial charge in [-0.1, -0.05) is 38.3 Å². The molecular weight excluding hydrogens is 379 g/mol.